The van der Waals surface area contributed by atoms with Crippen LogP contribution < -0.4 is 0 Å². The average molecular weight is 156 g/mol. The van der Waals surface area contributed by atoms with Crippen LogP contribution in [0.15, 0.2) is 11.8 Å². The lowest BCUT2D eigenvalue weighted by Crippen LogP contribution is -2.15. The van der Waals surface area contributed by atoms with Gasteiger partial charge in [-0.2, -0.15) is 0 Å². The Hall–Kier alpha value is -0.500. The molecule has 1 atom stereocenters. The fourth-order valence-electron chi connectivity index (χ4n) is 1.32. The van der Waals surface area contributed by atoms with Crippen LogP contribution in [0.25, 0.3) is 0 Å². The molecule has 0 saturated carbocycles. The first-order chi connectivity index (χ1) is 5.36. The minimum absolute atomic E-state index is 0.152. The van der Waals surface area contributed by atoms with Crippen LogP contribution in [-0.4, -0.2) is 17.8 Å². The number of ether oxygens (including phenoxy) is 1. The van der Waals surface area contributed by atoms with E-state index in [0.29, 0.717) is 6.10 Å². The Morgan fingerprint density at radius 3 is 3.00 bits per heavy atom. The molecule has 2 heteroatoms. The second-order valence-corrected chi connectivity index (χ2v) is 3.02. The van der Waals surface area contributed by atoms with E-state index in [4.69, 9.17) is 9.84 Å². The lowest BCUT2D eigenvalue weighted by molar-refractivity contribution is 0.106. The van der Waals surface area contributed by atoms with Crippen LogP contribution in [-0.2, 0) is 4.74 Å². The van der Waals surface area contributed by atoms with E-state index in [9.17, 15) is 0 Å². The molecule has 0 fully saturated rings. The van der Waals surface area contributed by atoms with Crippen molar-refractivity contribution in [3.63, 3.8) is 0 Å². The van der Waals surface area contributed by atoms with Gasteiger partial charge in [-0.3, -0.25) is 0 Å². The van der Waals surface area contributed by atoms with Gasteiger partial charge in [0.1, 0.15) is 0 Å². The van der Waals surface area contributed by atoms with Gasteiger partial charge in [-0.15, -0.1) is 0 Å². The van der Waals surface area contributed by atoms with E-state index < -0.39 is 0 Å². The topological polar surface area (TPSA) is 29.5 Å². The molecule has 1 N–H and O–H groups in total. The van der Waals surface area contributed by atoms with Crippen molar-refractivity contribution in [2.75, 3.05) is 6.61 Å². The van der Waals surface area contributed by atoms with Gasteiger partial charge in [0, 0.05) is 0 Å². The van der Waals surface area contributed by atoms with Gasteiger partial charge in [-0.1, -0.05) is 13.3 Å². The predicted molar refractivity (Wildman–Crippen MR) is 44.2 cm³/mol. The summed E-state index contributed by atoms with van der Waals surface area (Å²) in [7, 11) is 0. The summed E-state index contributed by atoms with van der Waals surface area (Å²) < 4.78 is 5.40. The molecule has 0 saturated heterocycles. The number of aliphatic hydroxyl groups is 1. The highest BCUT2D eigenvalue weighted by Crippen LogP contribution is 2.19. The molecule has 0 aliphatic carbocycles. The normalized spacial score (nSPS) is 24.2. The fourth-order valence-corrected chi connectivity index (χ4v) is 1.32. The minimum atomic E-state index is 0.152. The Bertz CT molecular complexity index is 140. The molecule has 0 aromatic carbocycles. The highest BCUT2D eigenvalue weighted by Gasteiger charge is 2.13. The van der Waals surface area contributed by atoms with Crippen molar-refractivity contribution < 1.29 is 9.84 Å². The molecular weight excluding hydrogens is 140 g/mol. The van der Waals surface area contributed by atoms with Gasteiger partial charge < -0.3 is 9.84 Å². The molecule has 1 unspecified atom stereocenters. The maximum atomic E-state index is 8.76. The van der Waals surface area contributed by atoms with Crippen molar-refractivity contribution in [2.45, 2.75) is 38.7 Å². The summed E-state index contributed by atoms with van der Waals surface area (Å²) in [6.45, 7) is 2.31. The highest BCUT2D eigenvalue weighted by molar-refractivity contribution is 5.01. The van der Waals surface area contributed by atoms with E-state index in [0.717, 1.165) is 24.8 Å². The lowest BCUT2D eigenvalue weighted by atomic mass is 10.0. The van der Waals surface area contributed by atoms with Gasteiger partial charge in [0.2, 0.25) is 0 Å². The fraction of sp³-hybridized carbons (Fsp3) is 0.778. The van der Waals surface area contributed by atoms with E-state index in [1.165, 1.54) is 6.42 Å². The Morgan fingerprint density at radius 1 is 1.73 bits per heavy atom. The van der Waals surface area contributed by atoms with Crippen molar-refractivity contribution in [3.05, 3.63) is 11.8 Å². The summed E-state index contributed by atoms with van der Waals surface area (Å²) in [5.41, 5.74) is 1.03. The summed E-state index contributed by atoms with van der Waals surface area (Å²) >= 11 is 0. The molecule has 1 aliphatic rings. The van der Waals surface area contributed by atoms with Gasteiger partial charge in [-0.05, 0) is 24.8 Å². The van der Waals surface area contributed by atoms with Crippen LogP contribution in [0.1, 0.15) is 32.6 Å². The molecule has 0 aromatic heterocycles. The zero-order valence-electron chi connectivity index (χ0n) is 7.05. The third-order valence-electron chi connectivity index (χ3n) is 2.03. The quantitative estimate of drug-likeness (QED) is 0.675. The highest BCUT2D eigenvalue weighted by atomic mass is 16.5. The van der Waals surface area contributed by atoms with Crippen LogP contribution in [0.2, 0.25) is 0 Å². The maximum absolute atomic E-state index is 8.76. The van der Waals surface area contributed by atoms with Gasteiger partial charge in [-0.25, -0.2) is 0 Å². The number of hydrogen-bond donors (Lipinski definition) is 1. The number of rotatable bonds is 3. The molecule has 64 valence electrons. The third kappa shape index (κ3) is 2.54. The third-order valence-corrected chi connectivity index (χ3v) is 2.03. The van der Waals surface area contributed by atoms with Crippen LogP contribution in [0, 0.1) is 0 Å². The van der Waals surface area contributed by atoms with E-state index in [1.807, 2.05) is 0 Å². The van der Waals surface area contributed by atoms with E-state index in [2.05, 4.69) is 6.92 Å². The molecule has 0 radical (unpaired) electrons. The lowest BCUT2D eigenvalue weighted by Gasteiger charge is -2.21. The second kappa shape index (κ2) is 4.39. The summed E-state index contributed by atoms with van der Waals surface area (Å²) in [6, 6.07) is 0. The molecule has 0 amide bonds. The first-order valence-electron chi connectivity index (χ1n) is 4.31. The molecule has 0 bridgehead atoms. The molecule has 2 nitrogen and oxygen atoms in total. The molecular formula is C9H16O2. The smallest absolute Gasteiger partial charge is 0.0981 e. The molecule has 1 rings (SSSR count). The van der Waals surface area contributed by atoms with Crippen molar-refractivity contribution in [2.24, 2.45) is 0 Å². The Balaban J connectivity index is 2.29. The Labute approximate surface area is 67.9 Å². The van der Waals surface area contributed by atoms with Gasteiger partial charge >= 0.3 is 0 Å². The zero-order chi connectivity index (χ0) is 8.10. The van der Waals surface area contributed by atoms with Crippen molar-refractivity contribution in [1.29, 1.82) is 0 Å². The molecule has 0 spiro atoms. The molecule has 1 heterocycles. The predicted octanol–water partition coefficient (Wildman–Crippen LogP) is 1.84. The first-order valence-corrected chi connectivity index (χ1v) is 4.31. The summed E-state index contributed by atoms with van der Waals surface area (Å²) in [5.74, 6) is 0. The minimum Gasteiger partial charge on any atom is -0.498 e. The molecule has 1 aliphatic heterocycles. The standard InChI is InChI=1S/C9H16O2/c1-2-3-9-5-4-8(6-10)7-11-9/h7,9-10H,2-6H2,1H3. The van der Waals surface area contributed by atoms with Crippen LogP contribution >= 0.6 is 0 Å². The SMILES string of the molecule is CCCC1CCC(CO)=CO1. The monoisotopic (exact) mass is 156 g/mol. The summed E-state index contributed by atoms with van der Waals surface area (Å²) in [6.07, 6.45) is 6.50. The van der Waals surface area contributed by atoms with Gasteiger partial charge in [0.05, 0.1) is 19.0 Å². The zero-order valence-corrected chi connectivity index (χ0v) is 7.05. The van der Waals surface area contributed by atoms with E-state index in [1.54, 1.807) is 6.26 Å². The van der Waals surface area contributed by atoms with Crippen LogP contribution in [0.3, 0.4) is 0 Å². The van der Waals surface area contributed by atoms with E-state index >= 15 is 0 Å². The first kappa shape index (κ1) is 8.60. The van der Waals surface area contributed by atoms with Crippen LogP contribution in [0.5, 0.6) is 0 Å². The average Bonchev–Trinajstić information content (AvgIpc) is 2.07. The number of hydrogen-bond acceptors (Lipinski definition) is 2. The van der Waals surface area contributed by atoms with Crippen molar-refractivity contribution >= 4 is 0 Å². The van der Waals surface area contributed by atoms with E-state index in [-0.39, 0.29) is 6.61 Å². The summed E-state index contributed by atoms with van der Waals surface area (Å²) in [5, 5.41) is 8.76. The number of aliphatic hydroxyl groups excluding tert-OH is 1. The van der Waals surface area contributed by atoms with Gasteiger partial charge in [0.25, 0.3) is 0 Å². The van der Waals surface area contributed by atoms with Crippen molar-refractivity contribution in [3.8, 4) is 0 Å². The van der Waals surface area contributed by atoms with Gasteiger partial charge in [0.15, 0.2) is 0 Å². The Kier molecular flexibility index (Phi) is 3.43. The van der Waals surface area contributed by atoms with Crippen LogP contribution in [0.4, 0.5) is 0 Å². The molecule has 11 heavy (non-hydrogen) atoms. The maximum Gasteiger partial charge on any atom is 0.0981 e. The largest absolute Gasteiger partial charge is 0.498 e. The summed E-state index contributed by atoms with van der Waals surface area (Å²) in [4.78, 5) is 0. The van der Waals surface area contributed by atoms with Crippen molar-refractivity contribution in [1.82, 2.24) is 0 Å². The Morgan fingerprint density at radius 2 is 2.55 bits per heavy atom. The molecule has 0 aromatic rings. The second-order valence-electron chi connectivity index (χ2n) is 3.02.